The third-order valence-electron chi connectivity index (χ3n) is 5.16. The highest BCUT2D eigenvalue weighted by molar-refractivity contribution is 6.01. The first-order valence-electron chi connectivity index (χ1n) is 10.5. The highest BCUT2D eigenvalue weighted by Crippen LogP contribution is 2.20. The van der Waals surface area contributed by atoms with Crippen molar-refractivity contribution < 1.29 is 14.3 Å². The van der Waals surface area contributed by atoms with Crippen molar-refractivity contribution in [2.45, 2.75) is 60.6 Å². The summed E-state index contributed by atoms with van der Waals surface area (Å²) < 4.78 is 7.42. The van der Waals surface area contributed by atoms with E-state index in [9.17, 15) is 14.9 Å². The first kappa shape index (κ1) is 23.9. The summed E-state index contributed by atoms with van der Waals surface area (Å²) >= 11 is 0. The van der Waals surface area contributed by atoms with Gasteiger partial charge in [0.15, 0.2) is 6.10 Å². The summed E-state index contributed by atoms with van der Waals surface area (Å²) in [5.41, 5.74) is 4.41. The van der Waals surface area contributed by atoms with E-state index in [2.05, 4.69) is 23.7 Å². The third-order valence-corrected chi connectivity index (χ3v) is 5.16. The van der Waals surface area contributed by atoms with E-state index in [4.69, 9.17) is 4.74 Å². The van der Waals surface area contributed by atoms with Gasteiger partial charge in [-0.1, -0.05) is 31.5 Å². The number of carbonyl (C=O) groups excluding carboxylic acids is 2. The molecule has 1 aromatic heterocycles. The zero-order chi connectivity index (χ0) is 23.1. The number of ether oxygens (including phenoxy) is 1. The minimum atomic E-state index is -1.04. The highest BCUT2D eigenvalue weighted by atomic mass is 16.5. The molecule has 1 aromatic carbocycles. The van der Waals surface area contributed by atoms with Crippen LogP contribution in [0.1, 0.15) is 49.7 Å². The Bertz CT molecular complexity index is 1010. The van der Waals surface area contributed by atoms with Crippen molar-refractivity contribution in [2.24, 2.45) is 5.92 Å². The number of nitrogens with zero attached hydrogens (tertiary/aromatic N) is 2. The molecule has 2 aromatic rings. The molecule has 1 N–H and O–H groups in total. The molecule has 1 atom stereocenters. The fraction of sp³-hybridized carbons (Fsp3) is 0.400. The molecule has 0 fully saturated rings. The molecule has 0 aliphatic rings. The van der Waals surface area contributed by atoms with E-state index in [1.54, 1.807) is 12.1 Å². The molecule has 0 unspecified atom stereocenters. The maximum Gasteiger partial charge on any atom is 0.349 e. The molecule has 0 saturated heterocycles. The summed E-state index contributed by atoms with van der Waals surface area (Å²) in [6, 6.07) is 11.2. The molecule has 0 radical (unpaired) electrons. The third kappa shape index (κ3) is 6.58. The molecule has 0 aliphatic carbocycles. The van der Waals surface area contributed by atoms with Gasteiger partial charge >= 0.3 is 5.97 Å². The standard InChI is InChI=1S/C25H31N3O3/c1-16(2)11-12-28-18(4)13-21(19(28)5)14-22(15-26)25(30)31-20(6)24(29)27-23-9-7-17(3)8-10-23/h7-10,13-14,16,20H,11-12H2,1-6H3,(H,27,29)/b22-14+/t20-/m1/s1. The van der Waals surface area contributed by atoms with Crippen LogP contribution in [0.2, 0.25) is 0 Å². The molecule has 0 bridgehead atoms. The second-order valence-corrected chi connectivity index (χ2v) is 8.23. The maximum absolute atomic E-state index is 12.5. The second kappa shape index (κ2) is 10.6. The molecule has 0 saturated carbocycles. The number of amides is 1. The van der Waals surface area contributed by atoms with Gasteiger partial charge in [0.2, 0.25) is 0 Å². The van der Waals surface area contributed by atoms with E-state index in [1.165, 1.54) is 13.0 Å². The van der Waals surface area contributed by atoms with Crippen LogP contribution in [0.5, 0.6) is 0 Å². The van der Waals surface area contributed by atoms with E-state index in [-0.39, 0.29) is 5.57 Å². The molecule has 6 heteroatoms. The zero-order valence-corrected chi connectivity index (χ0v) is 19.2. The van der Waals surface area contributed by atoms with E-state index < -0.39 is 18.0 Å². The van der Waals surface area contributed by atoms with Gasteiger partial charge in [-0.05, 0) is 69.9 Å². The Hall–Kier alpha value is -3.33. The minimum absolute atomic E-state index is 0.140. The predicted octanol–water partition coefficient (Wildman–Crippen LogP) is 4.94. The second-order valence-electron chi connectivity index (χ2n) is 8.23. The lowest BCUT2D eigenvalue weighted by Crippen LogP contribution is -2.30. The van der Waals surface area contributed by atoms with Crippen molar-refractivity contribution in [2.75, 3.05) is 5.32 Å². The molecule has 6 nitrogen and oxygen atoms in total. The highest BCUT2D eigenvalue weighted by Gasteiger charge is 2.21. The van der Waals surface area contributed by atoms with Crippen LogP contribution in [0.25, 0.3) is 6.08 Å². The number of anilines is 1. The van der Waals surface area contributed by atoms with Crippen molar-refractivity contribution >= 4 is 23.6 Å². The Morgan fingerprint density at radius 1 is 1.16 bits per heavy atom. The zero-order valence-electron chi connectivity index (χ0n) is 19.2. The van der Waals surface area contributed by atoms with Gasteiger partial charge < -0.3 is 14.6 Å². The number of benzene rings is 1. The monoisotopic (exact) mass is 421 g/mol. The average molecular weight is 422 g/mol. The van der Waals surface area contributed by atoms with Crippen molar-refractivity contribution in [1.29, 1.82) is 5.26 Å². The number of nitriles is 1. The van der Waals surface area contributed by atoms with E-state index in [1.807, 2.05) is 45.0 Å². The number of aryl methyl sites for hydroxylation is 2. The number of aromatic nitrogens is 1. The smallest absolute Gasteiger partial charge is 0.349 e. The van der Waals surface area contributed by atoms with Gasteiger partial charge in [0.05, 0.1) is 0 Å². The predicted molar refractivity (Wildman–Crippen MR) is 122 cm³/mol. The first-order valence-corrected chi connectivity index (χ1v) is 10.5. The largest absolute Gasteiger partial charge is 0.448 e. The Morgan fingerprint density at radius 2 is 1.81 bits per heavy atom. The van der Waals surface area contributed by atoms with Gasteiger partial charge in [-0.25, -0.2) is 4.79 Å². The summed E-state index contributed by atoms with van der Waals surface area (Å²) in [6.07, 6.45) is 1.53. The summed E-state index contributed by atoms with van der Waals surface area (Å²) in [5, 5.41) is 12.2. The summed E-state index contributed by atoms with van der Waals surface area (Å²) in [4.78, 5) is 24.8. The molecular weight excluding hydrogens is 390 g/mol. The van der Waals surface area contributed by atoms with Crippen molar-refractivity contribution in [3.05, 3.63) is 58.4 Å². The lowest BCUT2D eigenvalue weighted by atomic mass is 10.1. The van der Waals surface area contributed by atoms with Crippen molar-refractivity contribution in [1.82, 2.24) is 4.57 Å². The fourth-order valence-electron chi connectivity index (χ4n) is 3.16. The normalized spacial score (nSPS) is 12.4. The summed E-state index contributed by atoms with van der Waals surface area (Å²) in [7, 11) is 0. The number of rotatable bonds is 8. The van der Waals surface area contributed by atoms with Crippen molar-refractivity contribution in [3.63, 3.8) is 0 Å². The van der Waals surface area contributed by atoms with Crippen LogP contribution in [0.15, 0.2) is 35.9 Å². The van der Waals surface area contributed by atoms with Crippen LogP contribution >= 0.6 is 0 Å². The number of hydrogen-bond donors (Lipinski definition) is 1. The molecule has 1 heterocycles. The van der Waals surface area contributed by atoms with E-state index in [0.717, 1.165) is 35.5 Å². The van der Waals surface area contributed by atoms with Crippen LogP contribution in [0, 0.1) is 38.0 Å². The van der Waals surface area contributed by atoms with Crippen LogP contribution in [0.4, 0.5) is 5.69 Å². The molecular formula is C25H31N3O3. The van der Waals surface area contributed by atoms with Gasteiger partial charge in [-0.3, -0.25) is 4.79 Å². The molecule has 164 valence electrons. The van der Waals surface area contributed by atoms with Gasteiger partial charge in [-0.2, -0.15) is 5.26 Å². The summed E-state index contributed by atoms with van der Waals surface area (Å²) in [5.74, 6) is -0.695. The maximum atomic E-state index is 12.5. The topological polar surface area (TPSA) is 84.1 Å². The van der Waals surface area contributed by atoms with Crippen LogP contribution in [-0.2, 0) is 20.9 Å². The quantitative estimate of drug-likeness (QED) is 0.372. The Balaban J connectivity index is 2.10. The molecule has 1 amide bonds. The van der Waals surface area contributed by atoms with Crippen LogP contribution in [-0.4, -0.2) is 22.5 Å². The van der Waals surface area contributed by atoms with Gasteiger partial charge in [0, 0.05) is 23.6 Å². The fourth-order valence-corrected chi connectivity index (χ4v) is 3.16. The lowest BCUT2D eigenvalue weighted by Gasteiger charge is -2.13. The lowest BCUT2D eigenvalue weighted by molar-refractivity contribution is -0.148. The van der Waals surface area contributed by atoms with Crippen molar-refractivity contribution in [3.8, 4) is 6.07 Å². The minimum Gasteiger partial charge on any atom is -0.448 e. The van der Waals surface area contributed by atoms with E-state index in [0.29, 0.717) is 11.6 Å². The van der Waals surface area contributed by atoms with Crippen LogP contribution < -0.4 is 5.32 Å². The van der Waals surface area contributed by atoms with Crippen LogP contribution in [0.3, 0.4) is 0 Å². The van der Waals surface area contributed by atoms with Gasteiger partial charge in [0.25, 0.3) is 5.91 Å². The van der Waals surface area contributed by atoms with Gasteiger partial charge in [0.1, 0.15) is 11.6 Å². The Morgan fingerprint density at radius 3 is 2.39 bits per heavy atom. The Kier molecular flexibility index (Phi) is 8.21. The van der Waals surface area contributed by atoms with E-state index >= 15 is 0 Å². The van der Waals surface area contributed by atoms with Gasteiger partial charge in [-0.15, -0.1) is 0 Å². The Labute approximate surface area is 184 Å². The number of esters is 1. The number of hydrogen-bond acceptors (Lipinski definition) is 4. The average Bonchev–Trinajstić information content (AvgIpc) is 2.98. The number of carbonyl (C=O) groups is 2. The SMILES string of the molecule is Cc1ccc(NC(=O)[C@@H](C)OC(=O)/C(C#N)=C/c2cc(C)n(CCC(C)C)c2C)cc1. The molecule has 31 heavy (non-hydrogen) atoms. The first-order chi connectivity index (χ1) is 14.6. The molecule has 2 rings (SSSR count). The molecule has 0 spiro atoms. The number of nitrogens with one attached hydrogen (secondary N) is 1. The molecule has 0 aliphatic heterocycles. The summed E-state index contributed by atoms with van der Waals surface area (Å²) in [6.45, 7) is 12.6.